The molecule has 0 unspecified atom stereocenters. The fraction of sp³-hybridized carbons (Fsp3) is 0.364. The van der Waals surface area contributed by atoms with Crippen molar-refractivity contribution in [3.05, 3.63) is 39.2 Å². The van der Waals surface area contributed by atoms with E-state index in [-0.39, 0.29) is 15.6 Å². The molecule has 1 heterocycles. The van der Waals surface area contributed by atoms with Gasteiger partial charge in [0, 0.05) is 6.07 Å². The molecule has 2 N–H and O–H groups in total. The summed E-state index contributed by atoms with van der Waals surface area (Å²) in [5, 5.41) is 15.6. The molecule has 0 amide bonds. The summed E-state index contributed by atoms with van der Waals surface area (Å²) in [6, 6.07) is 3.27. The van der Waals surface area contributed by atoms with Crippen molar-refractivity contribution in [3.63, 3.8) is 0 Å². The van der Waals surface area contributed by atoms with Crippen LogP contribution in [0.15, 0.2) is 12.1 Å². The molecule has 0 spiro atoms. The maximum Gasteiger partial charge on any atom is 0.470 e. The Balaban J connectivity index is 2.12. The smallest absolute Gasteiger partial charge is 0.470 e. The first-order chi connectivity index (χ1) is 9.85. The molecule has 2 aromatic rings. The van der Waals surface area contributed by atoms with Crippen LogP contribution in [-0.2, 0) is 28.5 Å². The van der Waals surface area contributed by atoms with Crippen LogP contribution in [-0.4, -0.2) is 19.6 Å². The van der Waals surface area contributed by atoms with Crippen LogP contribution in [0.2, 0.25) is 0 Å². The van der Waals surface area contributed by atoms with Crippen LogP contribution in [0.1, 0.15) is 23.4 Å². The second-order valence-corrected chi connectivity index (χ2v) is 6.05. The number of phosphoric acid groups is 1. The molecule has 1 aliphatic rings. The van der Waals surface area contributed by atoms with Gasteiger partial charge in [0.2, 0.25) is 5.82 Å². The highest BCUT2D eigenvalue weighted by Gasteiger charge is 2.22. The molecule has 21 heavy (non-hydrogen) atoms. The maximum atomic E-state index is 12.2. The summed E-state index contributed by atoms with van der Waals surface area (Å²) in [5.41, 5.74) is 2.27. The SMILES string of the molecule is O=[n+]1nc(COP(=O)(O)O)n([O-])c2cc3c(cc21)CCC3. The molecule has 0 radical (unpaired) electrons. The van der Waals surface area contributed by atoms with Gasteiger partial charge >= 0.3 is 13.3 Å². The summed E-state index contributed by atoms with van der Waals surface area (Å²) in [5.74, 6) is -0.404. The van der Waals surface area contributed by atoms with E-state index in [0.717, 1.165) is 30.4 Å². The highest BCUT2D eigenvalue weighted by Crippen LogP contribution is 2.36. The zero-order chi connectivity index (χ0) is 15.2. The molecule has 3 rings (SSSR count). The molecule has 9 nitrogen and oxygen atoms in total. The third-order valence-electron chi connectivity index (χ3n) is 3.42. The van der Waals surface area contributed by atoms with Crippen molar-refractivity contribution in [2.45, 2.75) is 25.9 Å². The lowest BCUT2D eigenvalue weighted by Gasteiger charge is -2.16. The summed E-state index contributed by atoms with van der Waals surface area (Å²) >= 11 is 0. The minimum Gasteiger partial charge on any atom is -0.804 e. The van der Waals surface area contributed by atoms with Crippen LogP contribution < -0.4 is 4.54 Å². The Hall–Kier alpha value is -1.80. The second-order valence-electron chi connectivity index (χ2n) is 4.81. The van der Waals surface area contributed by atoms with E-state index in [0.29, 0.717) is 4.73 Å². The molecule has 0 atom stereocenters. The van der Waals surface area contributed by atoms with Gasteiger partial charge in [-0.05, 0) is 36.5 Å². The highest BCUT2D eigenvalue weighted by atomic mass is 31.2. The molecule has 0 bridgehead atoms. The van der Waals surface area contributed by atoms with Gasteiger partial charge in [-0.1, -0.05) is 0 Å². The number of fused-ring (bicyclic) bond motifs is 2. The standard InChI is InChI=1S/C11H12N3O6P/c15-13-9-4-7-2-1-3-8(7)5-10(9)14(16)12-11(13)6-20-21(17,18)19/h4-5H,1-3,6H2,(H2,17,18,19). The summed E-state index contributed by atoms with van der Waals surface area (Å²) in [7, 11) is -4.74. The van der Waals surface area contributed by atoms with E-state index in [1.807, 2.05) is 0 Å². The number of phosphoric ester groups is 1. The van der Waals surface area contributed by atoms with Crippen molar-refractivity contribution in [2.75, 3.05) is 0 Å². The zero-order valence-electron chi connectivity index (χ0n) is 10.8. The van der Waals surface area contributed by atoms with Gasteiger partial charge in [0.25, 0.3) is 0 Å². The van der Waals surface area contributed by atoms with Gasteiger partial charge in [0.1, 0.15) is 12.1 Å². The van der Waals surface area contributed by atoms with E-state index in [1.165, 1.54) is 0 Å². The first kappa shape index (κ1) is 14.2. The summed E-state index contributed by atoms with van der Waals surface area (Å²) in [6.07, 6.45) is 2.65. The van der Waals surface area contributed by atoms with E-state index in [4.69, 9.17) is 9.79 Å². The van der Waals surface area contributed by atoms with Crippen molar-refractivity contribution in [1.29, 1.82) is 0 Å². The van der Waals surface area contributed by atoms with Gasteiger partial charge in [0.05, 0.1) is 10.0 Å². The quantitative estimate of drug-likeness (QED) is 0.619. The Morgan fingerprint density at radius 1 is 1.38 bits per heavy atom. The topological polar surface area (TPSA) is 131 Å². The van der Waals surface area contributed by atoms with Gasteiger partial charge in [-0.25, -0.2) is 4.57 Å². The van der Waals surface area contributed by atoms with Crippen LogP contribution in [0.5, 0.6) is 0 Å². The lowest BCUT2D eigenvalue weighted by Crippen LogP contribution is -2.26. The molecule has 10 heteroatoms. The van der Waals surface area contributed by atoms with E-state index in [9.17, 15) is 14.7 Å². The summed E-state index contributed by atoms with van der Waals surface area (Å²) in [4.78, 5) is 29.2. The van der Waals surface area contributed by atoms with Gasteiger partial charge in [-0.2, -0.15) is 0 Å². The fourth-order valence-corrected chi connectivity index (χ4v) is 2.77. The predicted molar refractivity (Wildman–Crippen MR) is 70.7 cm³/mol. The van der Waals surface area contributed by atoms with Crippen molar-refractivity contribution in [3.8, 4) is 0 Å². The van der Waals surface area contributed by atoms with Gasteiger partial charge in [0.15, 0.2) is 4.54 Å². The van der Waals surface area contributed by atoms with Crippen molar-refractivity contribution < 1.29 is 23.4 Å². The van der Waals surface area contributed by atoms with Crippen molar-refractivity contribution in [1.82, 2.24) is 9.83 Å². The maximum absolute atomic E-state index is 12.2. The largest absolute Gasteiger partial charge is 0.804 e. The van der Waals surface area contributed by atoms with Crippen LogP contribution in [0.3, 0.4) is 0 Å². The van der Waals surface area contributed by atoms with Gasteiger partial charge in [-0.15, -0.1) is 0 Å². The van der Waals surface area contributed by atoms with Crippen molar-refractivity contribution in [2.24, 2.45) is 0 Å². The molecule has 1 aromatic heterocycles. The summed E-state index contributed by atoms with van der Waals surface area (Å²) < 4.78 is 15.5. The third kappa shape index (κ3) is 2.68. The van der Waals surface area contributed by atoms with E-state index >= 15 is 0 Å². The lowest BCUT2D eigenvalue weighted by molar-refractivity contribution is -0.538. The zero-order valence-corrected chi connectivity index (χ0v) is 11.7. The minimum absolute atomic E-state index is 0.116. The number of aryl methyl sites for hydroxylation is 2. The molecule has 0 saturated heterocycles. The number of aromatic nitrogens is 3. The van der Waals surface area contributed by atoms with Crippen LogP contribution in [0.25, 0.3) is 11.0 Å². The normalized spacial score (nSPS) is 14.6. The fourth-order valence-electron chi connectivity index (χ4n) is 2.48. The predicted octanol–water partition coefficient (Wildman–Crippen LogP) is 0.395. The average molecular weight is 313 g/mol. The molecular weight excluding hydrogens is 301 g/mol. The number of hydrogen-bond acceptors (Lipinski definition) is 5. The number of hydrogen-bond donors (Lipinski definition) is 2. The molecule has 1 aromatic carbocycles. The number of rotatable bonds is 3. The average Bonchev–Trinajstić information content (AvgIpc) is 2.86. The van der Waals surface area contributed by atoms with Crippen LogP contribution >= 0.6 is 7.82 Å². The van der Waals surface area contributed by atoms with Crippen molar-refractivity contribution >= 4 is 18.9 Å². The molecule has 0 saturated carbocycles. The Kier molecular flexibility index (Phi) is 3.29. The summed E-state index contributed by atoms with van der Waals surface area (Å²) in [6.45, 7) is -0.747. The van der Waals surface area contributed by atoms with Crippen LogP contribution in [0, 0.1) is 10.1 Å². The highest BCUT2D eigenvalue weighted by molar-refractivity contribution is 7.46. The Morgan fingerprint density at radius 2 is 2.05 bits per heavy atom. The molecule has 1 aliphatic carbocycles. The molecule has 0 fully saturated rings. The molecular formula is C11H12N3O6P. The van der Waals surface area contributed by atoms with E-state index < -0.39 is 20.3 Å². The van der Waals surface area contributed by atoms with Crippen LogP contribution in [0.4, 0.5) is 0 Å². The monoisotopic (exact) mass is 313 g/mol. The molecule has 112 valence electrons. The second kappa shape index (κ2) is 4.88. The molecule has 0 aliphatic heterocycles. The number of benzene rings is 1. The Morgan fingerprint density at radius 3 is 2.71 bits per heavy atom. The first-order valence-corrected chi connectivity index (χ1v) is 7.76. The Bertz CT molecular complexity index is 827. The Labute approximate surface area is 118 Å². The lowest BCUT2D eigenvalue weighted by atomic mass is 10.1. The minimum atomic E-state index is -4.74. The van der Waals surface area contributed by atoms with E-state index in [2.05, 4.69) is 9.62 Å². The number of nitrogens with zero attached hydrogens (tertiary/aromatic N) is 3. The van der Waals surface area contributed by atoms with Gasteiger partial charge < -0.3 is 19.7 Å². The van der Waals surface area contributed by atoms with E-state index in [1.54, 1.807) is 12.1 Å². The first-order valence-electron chi connectivity index (χ1n) is 6.23. The third-order valence-corrected chi connectivity index (χ3v) is 3.88. The van der Waals surface area contributed by atoms with Gasteiger partial charge in [-0.3, -0.25) is 4.52 Å².